The van der Waals surface area contributed by atoms with E-state index in [1.54, 1.807) is 16.3 Å². The second kappa shape index (κ2) is 10.7. The van der Waals surface area contributed by atoms with Gasteiger partial charge in [-0.05, 0) is 0 Å². The molecule has 0 aliphatic carbocycles. The van der Waals surface area contributed by atoms with Gasteiger partial charge < -0.3 is 0 Å². The minimum absolute atomic E-state index is 0.0829. The summed E-state index contributed by atoms with van der Waals surface area (Å²) in [7, 11) is 1.67. The van der Waals surface area contributed by atoms with Crippen LogP contribution in [0.4, 0.5) is 0 Å². The molecule has 4 nitrogen and oxygen atoms in total. The van der Waals surface area contributed by atoms with Gasteiger partial charge in [-0.3, -0.25) is 0 Å². The monoisotopic (exact) mass is 483 g/mol. The van der Waals surface area contributed by atoms with Crippen molar-refractivity contribution >= 4 is 46.1 Å². The van der Waals surface area contributed by atoms with E-state index >= 15 is 0 Å². The summed E-state index contributed by atoms with van der Waals surface area (Å²) in [5.74, 6) is -0.0829. The first-order valence-electron chi connectivity index (χ1n) is 10.1. The fraction of sp³-hybridized carbons (Fsp3) is 0.700. The molecule has 2 radical (unpaired) electrons. The molecule has 6 heteroatoms. The van der Waals surface area contributed by atoms with Crippen molar-refractivity contribution in [1.82, 2.24) is 14.7 Å². The van der Waals surface area contributed by atoms with Gasteiger partial charge in [0.1, 0.15) is 0 Å². The van der Waals surface area contributed by atoms with Gasteiger partial charge in [0.05, 0.1) is 0 Å². The molecule has 2 aromatic rings. The van der Waals surface area contributed by atoms with Gasteiger partial charge in [-0.25, -0.2) is 0 Å². The maximum atomic E-state index is 12.0. The van der Waals surface area contributed by atoms with E-state index in [9.17, 15) is 4.79 Å². The summed E-state index contributed by atoms with van der Waals surface area (Å²) in [6.07, 6.45) is 16.2. The van der Waals surface area contributed by atoms with E-state index in [-0.39, 0.29) is 5.91 Å². The van der Waals surface area contributed by atoms with Crippen molar-refractivity contribution in [3.05, 3.63) is 18.2 Å². The Labute approximate surface area is 172 Å². The zero-order chi connectivity index (χ0) is 19.0. The zero-order valence-electron chi connectivity index (χ0n) is 16.7. The number of aromatic nitrogens is 2. The Balaban J connectivity index is 2.28. The molecule has 26 heavy (non-hydrogen) atoms. The number of unbranched alkanes of at least 4 members (excludes halogenated alkanes) is 3. The van der Waals surface area contributed by atoms with Gasteiger partial charge in [-0.15, -0.1) is 0 Å². The number of amides is 1. The molecule has 0 atom stereocenters. The molecular formula is C20H33N3OSSn. The summed E-state index contributed by atoms with van der Waals surface area (Å²) >= 11 is 1.07. The van der Waals surface area contributed by atoms with E-state index in [0.29, 0.717) is 9.12 Å². The number of imidazole rings is 1. The number of carbonyl (C=O) groups excluding carboxylic acids is 1. The molecule has 0 aliphatic rings. The number of thiazole rings is 1. The van der Waals surface area contributed by atoms with Crippen LogP contribution < -0.4 is 8.21 Å². The maximum absolute atomic E-state index is 12.0. The molecule has 0 fully saturated rings. The Bertz CT molecular complexity index is 673. The quantitative estimate of drug-likeness (QED) is 0.442. The fourth-order valence-corrected chi connectivity index (χ4v) is 11.7. The Kier molecular flexibility index (Phi) is 8.94. The van der Waals surface area contributed by atoms with E-state index in [1.807, 2.05) is 11.3 Å². The van der Waals surface area contributed by atoms with Crippen molar-refractivity contribution in [1.29, 1.82) is 0 Å². The fourth-order valence-electron chi connectivity index (χ4n) is 3.50. The van der Waals surface area contributed by atoms with Crippen LogP contribution in [-0.2, 0) is 0 Å². The normalized spacial score (nSPS) is 12.0. The number of fused-ring (bicyclic) bond motifs is 1. The average Bonchev–Trinajstić information content (AvgIpc) is 3.22. The molecule has 0 saturated carbocycles. The van der Waals surface area contributed by atoms with Gasteiger partial charge in [0.2, 0.25) is 0 Å². The van der Waals surface area contributed by atoms with Gasteiger partial charge >= 0.3 is 173 Å². The summed E-state index contributed by atoms with van der Waals surface area (Å²) in [6.45, 7) is 6.93. The van der Waals surface area contributed by atoms with Gasteiger partial charge in [-0.2, -0.15) is 0 Å². The topological polar surface area (TPSA) is 46.4 Å². The SMILES string of the molecule is CCCC[C](CCCC)(CCCC)[Sn][c]1cn2cnc(C(=O)NC)c2s1. The van der Waals surface area contributed by atoms with Crippen LogP contribution in [0.5, 0.6) is 0 Å². The number of hydrogen-bond acceptors (Lipinski definition) is 3. The Hall–Kier alpha value is -0.561. The molecule has 0 spiro atoms. The molecule has 0 aromatic carbocycles. The number of nitrogens with one attached hydrogen (secondary N) is 1. The molecule has 2 rings (SSSR count). The predicted molar refractivity (Wildman–Crippen MR) is 113 cm³/mol. The van der Waals surface area contributed by atoms with Crippen molar-refractivity contribution in [2.75, 3.05) is 7.05 Å². The molecule has 1 amide bonds. The van der Waals surface area contributed by atoms with Crippen LogP contribution in [0, 0.1) is 0 Å². The van der Waals surface area contributed by atoms with Crippen molar-refractivity contribution < 1.29 is 4.79 Å². The average molecular weight is 482 g/mol. The number of carbonyl (C=O) groups is 1. The second-order valence-corrected chi connectivity index (χ2v) is 14.5. The van der Waals surface area contributed by atoms with Gasteiger partial charge in [0.15, 0.2) is 0 Å². The van der Waals surface area contributed by atoms with Crippen molar-refractivity contribution in [2.24, 2.45) is 0 Å². The van der Waals surface area contributed by atoms with Crippen LogP contribution in [-0.4, -0.2) is 43.5 Å². The van der Waals surface area contributed by atoms with Crippen molar-refractivity contribution in [3.63, 3.8) is 0 Å². The first-order chi connectivity index (χ1) is 12.6. The van der Waals surface area contributed by atoms with E-state index in [4.69, 9.17) is 0 Å². The van der Waals surface area contributed by atoms with E-state index in [0.717, 1.165) is 4.83 Å². The molecule has 0 unspecified atom stereocenters. The van der Waals surface area contributed by atoms with Crippen LogP contribution in [0.15, 0.2) is 12.5 Å². The van der Waals surface area contributed by atoms with Crippen LogP contribution in [0.2, 0.25) is 3.43 Å². The van der Waals surface area contributed by atoms with Gasteiger partial charge in [-0.1, -0.05) is 0 Å². The van der Waals surface area contributed by atoms with Gasteiger partial charge in [0.25, 0.3) is 0 Å². The van der Waals surface area contributed by atoms with E-state index < -0.39 is 21.1 Å². The standard InChI is InChI=1S/C13H27.C7H6N3OS.Sn/c1-4-7-10-13(11-8-5-2)12-9-6-3;1-8-6(11)5-7-10(4-9-5)2-3-12-7;/h4-12H2,1-3H3;2,4H,1H3,(H,8,11);. The predicted octanol–water partition coefficient (Wildman–Crippen LogP) is 4.81. The first-order valence-corrected chi connectivity index (χ1v) is 13.7. The molecule has 0 aliphatic heterocycles. The third kappa shape index (κ3) is 5.47. The summed E-state index contributed by atoms with van der Waals surface area (Å²) in [5.41, 5.74) is 0.574. The van der Waals surface area contributed by atoms with Crippen molar-refractivity contribution in [3.8, 4) is 0 Å². The number of hydrogen-bond donors (Lipinski definition) is 1. The Morgan fingerprint density at radius 3 is 2.23 bits per heavy atom. The Morgan fingerprint density at radius 1 is 1.15 bits per heavy atom. The van der Waals surface area contributed by atoms with Crippen LogP contribution in [0.1, 0.15) is 89.0 Å². The molecule has 144 valence electrons. The second-order valence-electron chi connectivity index (χ2n) is 7.20. The molecule has 0 saturated heterocycles. The molecule has 1 N–H and O–H groups in total. The van der Waals surface area contributed by atoms with E-state index in [2.05, 4.69) is 41.7 Å². The van der Waals surface area contributed by atoms with E-state index in [1.165, 1.54) is 57.8 Å². The van der Waals surface area contributed by atoms with Gasteiger partial charge in [0, 0.05) is 0 Å². The van der Waals surface area contributed by atoms with Crippen LogP contribution in [0.25, 0.3) is 4.83 Å². The third-order valence-electron chi connectivity index (χ3n) is 5.07. The molecule has 2 heterocycles. The summed E-state index contributed by atoms with van der Waals surface area (Å²) in [6, 6.07) is 0. The number of rotatable bonds is 12. The summed E-state index contributed by atoms with van der Waals surface area (Å²) < 4.78 is 4.20. The third-order valence-corrected chi connectivity index (χ3v) is 12.3. The van der Waals surface area contributed by atoms with Crippen molar-refractivity contribution in [2.45, 2.75) is 82.0 Å². The van der Waals surface area contributed by atoms with Crippen LogP contribution >= 0.6 is 11.3 Å². The number of nitrogens with zero attached hydrogens (tertiary/aromatic N) is 2. The first kappa shape index (κ1) is 21.7. The summed E-state index contributed by atoms with van der Waals surface area (Å²) in [5, 5.41) is 2.71. The molecule has 0 bridgehead atoms. The minimum atomic E-state index is -0.748. The Morgan fingerprint density at radius 2 is 1.73 bits per heavy atom. The zero-order valence-corrected chi connectivity index (χ0v) is 20.4. The molecular weight excluding hydrogens is 449 g/mol. The molecule has 2 aromatic heterocycles. The summed E-state index contributed by atoms with van der Waals surface area (Å²) in [4.78, 5) is 17.3. The van der Waals surface area contributed by atoms with Crippen LogP contribution in [0.3, 0.4) is 0 Å².